The molecule has 128 valence electrons. The SMILES string of the molecule is Cc1c(Cl)cccc1NC(=O)c1ccc(COc2ccc(F)cc2)o1. The zero-order valence-corrected chi connectivity index (χ0v) is 14.1. The molecule has 2 aromatic carbocycles. The Kier molecular flexibility index (Phi) is 5.05. The first-order chi connectivity index (χ1) is 12.0. The van der Waals surface area contributed by atoms with E-state index in [4.69, 9.17) is 20.8 Å². The van der Waals surface area contributed by atoms with E-state index in [-0.39, 0.29) is 24.1 Å². The van der Waals surface area contributed by atoms with E-state index in [1.807, 2.05) is 6.92 Å². The molecule has 0 saturated carbocycles. The van der Waals surface area contributed by atoms with Crippen LogP contribution in [0.1, 0.15) is 21.9 Å². The molecular weight excluding hydrogens is 345 g/mol. The molecule has 0 bridgehead atoms. The fraction of sp³-hybridized carbons (Fsp3) is 0.105. The van der Waals surface area contributed by atoms with Crippen LogP contribution in [-0.4, -0.2) is 5.91 Å². The van der Waals surface area contributed by atoms with Crippen molar-refractivity contribution in [2.24, 2.45) is 0 Å². The second kappa shape index (κ2) is 7.40. The van der Waals surface area contributed by atoms with Gasteiger partial charge in [-0.15, -0.1) is 0 Å². The minimum absolute atomic E-state index is 0.134. The van der Waals surface area contributed by atoms with Gasteiger partial charge in [-0.05, 0) is 61.0 Å². The molecule has 0 atom stereocenters. The lowest BCUT2D eigenvalue weighted by Gasteiger charge is -2.08. The Bertz CT molecular complexity index is 890. The second-order valence-electron chi connectivity index (χ2n) is 5.38. The maximum Gasteiger partial charge on any atom is 0.291 e. The van der Waals surface area contributed by atoms with E-state index in [9.17, 15) is 9.18 Å². The molecule has 3 rings (SSSR count). The number of carbonyl (C=O) groups excluding carboxylic acids is 1. The number of nitrogens with one attached hydrogen (secondary N) is 1. The van der Waals surface area contributed by atoms with Gasteiger partial charge in [0.25, 0.3) is 5.91 Å². The molecule has 1 heterocycles. The standard InChI is InChI=1S/C19H15ClFNO3/c1-12-16(20)3-2-4-17(12)22-19(23)18-10-9-15(25-18)11-24-14-7-5-13(21)6-8-14/h2-10H,11H2,1H3,(H,22,23). The van der Waals surface area contributed by atoms with Crippen LogP contribution >= 0.6 is 11.6 Å². The largest absolute Gasteiger partial charge is 0.486 e. The molecule has 0 aliphatic carbocycles. The molecule has 25 heavy (non-hydrogen) atoms. The number of rotatable bonds is 5. The van der Waals surface area contributed by atoms with E-state index in [1.165, 1.54) is 24.3 Å². The number of amides is 1. The van der Waals surface area contributed by atoms with E-state index in [2.05, 4.69) is 5.32 Å². The number of carbonyl (C=O) groups is 1. The van der Waals surface area contributed by atoms with Crippen LogP contribution in [0.25, 0.3) is 0 Å². The van der Waals surface area contributed by atoms with E-state index >= 15 is 0 Å². The molecule has 0 saturated heterocycles. The zero-order chi connectivity index (χ0) is 17.8. The smallest absolute Gasteiger partial charge is 0.291 e. The van der Waals surface area contributed by atoms with Gasteiger partial charge in [0.05, 0.1) is 0 Å². The first-order valence-corrected chi connectivity index (χ1v) is 7.94. The Labute approximate surface area is 149 Å². The van der Waals surface area contributed by atoms with Gasteiger partial charge in [0, 0.05) is 10.7 Å². The van der Waals surface area contributed by atoms with Crippen LogP contribution in [0.2, 0.25) is 5.02 Å². The number of ether oxygens (including phenoxy) is 1. The number of hydrogen-bond donors (Lipinski definition) is 1. The van der Waals surface area contributed by atoms with Crippen LogP contribution in [0, 0.1) is 12.7 Å². The molecule has 0 unspecified atom stereocenters. The summed E-state index contributed by atoms with van der Waals surface area (Å²) in [4.78, 5) is 12.3. The predicted octanol–water partition coefficient (Wildman–Crippen LogP) is 5.21. The summed E-state index contributed by atoms with van der Waals surface area (Å²) in [5.74, 6) is 0.451. The quantitative estimate of drug-likeness (QED) is 0.680. The highest BCUT2D eigenvalue weighted by Crippen LogP contribution is 2.24. The van der Waals surface area contributed by atoms with Gasteiger partial charge in [0.15, 0.2) is 5.76 Å². The van der Waals surface area contributed by atoms with Gasteiger partial charge in [0.2, 0.25) is 0 Å². The first-order valence-electron chi connectivity index (χ1n) is 7.56. The third kappa shape index (κ3) is 4.19. The van der Waals surface area contributed by atoms with Crippen molar-refractivity contribution in [3.63, 3.8) is 0 Å². The van der Waals surface area contributed by atoms with Gasteiger partial charge < -0.3 is 14.5 Å². The van der Waals surface area contributed by atoms with Crippen LogP contribution < -0.4 is 10.1 Å². The van der Waals surface area contributed by atoms with Crippen molar-refractivity contribution in [2.45, 2.75) is 13.5 Å². The molecule has 4 nitrogen and oxygen atoms in total. The number of halogens is 2. The Morgan fingerprint density at radius 1 is 1.16 bits per heavy atom. The van der Waals surface area contributed by atoms with Gasteiger partial charge in [0.1, 0.15) is 23.9 Å². The van der Waals surface area contributed by atoms with E-state index in [0.29, 0.717) is 22.2 Å². The normalized spacial score (nSPS) is 10.5. The van der Waals surface area contributed by atoms with Crippen molar-refractivity contribution in [3.8, 4) is 5.75 Å². The number of benzene rings is 2. The highest BCUT2D eigenvalue weighted by molar-refractivity contribution is 6.31. The van der Waals surface area contributed by atoms with Gasteiger partial charge >= 0.3 is 0 Å². The summed E-state index contributed by atoms with van der Waals surface area (Å²) in [6.45, 7) is 1.96. The molecule has 0 radical (unpaired) electrons. The average Bonchev–Trinajstić information content (AvgIpc) is 3.08. The Hall–Kier alpha value is -2.79. The van der Waals surface area contributed by atoms with Gasteiger partial charge in [-0.2, -0.15) is 0 Å². The monoisotopic (exact) mass is 359 g/mol. The number of anilines is 1. The van der Waals surface area contributed by atoms with Crippen LogP contribution in [0.3, 0.4) is 0 Å². The lowest BCUT2D eigenvalue weighted by Crippen LogP contribution is -2.12. The Morgan fingerprint density at radius 2 is 1.92 bits per heavy atom. The molecule has 0 aliphatic rings. The maximum absolute atomic E-state index is 12.8. The zero-order valence-electron chi connectivity index (χ0n) is 13.4. The minimum atomic E-state index is -0.376. The van der Waals surface area contributed by atoms with Crippen molar-refractivity contribution in [3.05, 3.63) is 82.5 Å². The predicted molar refractivity (Wildman–Crippen MR) is 93.6 cm³/mol. The highest BCUT2D eigenvalue weighted by Gasteiger charge is 2.13. The summed E-state index contributed by atoms with van der Waals surface area (Å²) in [6, 6.07) is 14.2. The van der Waals surface area contributed by atoms with Crippen molar-refractivity contribution >= 4 is 23.2 Å². The summed E-state index contributed by atoms with van der Waals surface area (Å²) in [5.41, 5.74) is 1.40. The third-order valence-corrected chi connectivity index (χ3v) is 4.01. The molecular formula is C19H15ClFNO3. The molecule has 3 aromatic rings. The number of hydrogen-bond acceptors (Lipinski definition) is 3. The first kappa shape index (κ1) is 17.0. The molecule has 0 aliphatic heterocycles. The molecule has 1 aromatic heterocycles. The molecule has 6 heteroatoms. The highest BCUT2D eigenvalue weighted by atomic mass is 35.5. The van der Waals surface area contributed by atoms with Crippen molar-refractivity contribution in [1.29, 1.82) is 0 Å². The second-order valence-corrected chi connectivity index (χ2v) is 5.78. The molecule has 1 amide bonds. The molecule has 0 fully saturated rings. The average molecular weight is 360 g/mol. The fourth-order valence-electron chi connectivity index (χ4n) is 2.19. The topological polar surface area (TPSA) is 51.5 Å². The minimum Gasteiger partial charge on any atom is -0.486 e. The van der Waals surface area contributed by atoms with E-state index in [0.717, 1.165) is 5.56 Å². The summed E-state index contributed by atoms with van der Waals surface area (Å²) in [5, 5.41) is 3.34. The van der Waals surface area contributed by atoms with Gasteiger partial charge in [-0.3, -0.25) is 4.79 Å². The summed E-state index contributed by atoms with van der Waals surface area (Å²) < 4.78 is 23.8. The van der Waals surface area contributed by atoms with Crippen LogP contribution in [-0.2, 0) is 6.61 Å². The lowest BCUT2D eigenvalue weighted by molar-refractivity contribution is 0.0992. The summed E-state index contributed by atoms with van der Waals surface area (Å²) >= 11 is 6.04. The van der Waals surface area contributed by atoms with Gasteiger partial charge in [-0.25, -0.2) is 4.39 Å². The maximum atomic E-state index is 12.8. The lowest BCUT2D eigenvalue weighted by atomic mass is 10.2. The Morgan fingerprint density at radius 3 is 2.68 bits per heavy atom. The van der Waals surface area contributed by atoms with Crippen LogP contribution in [0.15, 0.2) is 59.0 Å². The number of furan rings is 1. The van der Waals surface area contributed by atoms with Crippen LogP contribution in [0.5, 0.6) is 5.75 Å². The van der Waals surface area contributed by atoms with E-state index < -0.39 is 0 Å². The fourth-order valence-corrected chi connectivity index (χ4v) is 2.36. The van der Waals surface area contributed by atoms with Gasteiger partial charge in [-0.1, -0.05) is 17.7 Å². The van der Waals surface area contributed by atoms with Crippen molar-refractivity contribution in [1.82, 2.24) is 0 Å². The van der Waals surface area contributed by atoms with Crippen molar-refractivity contribution < 1.29 is 18.3 Å². The Balaban J connectivity index is 1.63. The summed E-state index contributed by atoms with van der Waals surface area (Å²) in [7, 11) is 0. The van der Waals surface area contributed by atoms with Crippen molar-refractivity contribution in [2.75, 3.05) is 5.32 Å². The molecule has 0 spiro atoms. The van der Waals surface area contributed by atoms with E-state index in [1.54, 1.807) is 30.3 Å². The molecule has 1 N–H and O–H groups in total. The van der Waals surface area contributed by atoms with Crippen LogP contribution in [0.4, 0.5) is 10.1 Å². The third-order valence-electron chi connectivity index (χ3n) is 3.60. The summed E-state index contributed by atoms with van der Waals surface area (Å²) in [6.07, 6.45) is 0.